The number of hydrogen-bond donors (Lipinski definition) is 2. The van der Waals surface area contributed by atoms with Crippen LogP contribution in [-0.4, -0.2) is 24.8 Å². The van der Waals surface area contributed by atoms with Crippen LogP contribution in [0, 0.1) is 5.82 Å². The summed E-state index contributed by atoms with van der Waals surface area (Å²) in [6, 6.07) is 3.59. The molecule has 0 saturated carbocycles. The number of carbonyl (C=O) groups excluding carboxylic acids is 1. The summed E-state index contributed by atoms with van der Waals surface area (Å²) in [6.07, 6.45) is -6.65. The maximum absolute atomic E-state index is 13.3. The molecule has 1 amide bonds. The normalized spacial score (nSPS) is 13.1. The predicted octanol–water partition coefficient (Wildman–Crippen LogP) is 2.70. The van der Waals surface area contributed by atoms with Gasteiger partial charge in [-0.15, -0.1) is 0 Å². The van der Waals surface area contributed by atoms with Gasteiger partial charge in [-0.05, 0) is 25.1 Å². The zero-order chi connectivity index (χ0) is 15.3. The third-order valence-corrected chi connectivity index (χ3v) is 2.37. The van der Waals surface area contributed by atoms with Crippen LogP contribution >= 0.6 is 0 Å². The Morgan fingerprint density at radius 1 is 1.45 bits per heavy atom. The smallest absolute Gasteiger partial charge is 0.391 e. The molecule has 0 saturated heterocycles. The minimum atomic E-state index is -4.35. The molecule has 1 aromatic rings. The van der Waals surface area contributed by atoms with Gasteiger partial charge >= 0.3 is 6.18 Å². The quantitative estimate of drug-likeness (QED) is 0.648. The van der Waals surface area contributed by atoms with Crippen LogP contribution in [-0.2, 0) is 9.53 Å². The number of nitrogen functional groups attached to an aromatic ring is 1. The van der Waals surface area contributed by atoms with Gasteiger partial charge in [-0.1, -0.05) is 0 Å². The van der Waals surface area contributed by atoms with Gasteiger partial charge in [-0.3, -0.25) is 4.79 Å². The third-order valence-electron chi connectivity index (χ3n) is 2.37. The Kier molecular flexibility index (Phi) is 5.32. The van der Waals surface area contributed by atoms with Crippen molar-refractivity contribution in [1.29, 1.82) is 0 Å². The number of nitrogens with two attached hydrogens (primary N) is 1. The monoisotopic (exact) mass is 294 g/mol. The van der Waals surface area contributed by atoms with Crippen LogP contribution in [0.4, 0.5) is 28.9 Å². The van der Waals surface area contributed by atoms with Gasteiger partial charge in [0.1, 0.15) is 11.9 Å². The number of hydrogen-bond acceptors (Lipinski definition) is 3. The third kappa shape index (κ3) is 5.43. The molecule has 1 atom stereocenters. The van der Waals surface area contributed by atoms with Gasteiger partial charge < -0.3 is 15.8 Å². The molecule has 8 heteroatoms. The first-order valence-electron chi connectivity index (χ1n) is 5.73. The fourth-order valence-corrected chi connectivity index (χ4v) is 1.30. The second kappa shape index (κ2) is 6.56. The lowest BCUT2D eigenvalue weighted by atomic mass is 10.2. The van der Waals surface area contributed by atoms with Crippen LogP contribution < -0.4 is 11.1 Å². The Bertz CT molecular complexity index is 477. The van der Waals surface area contributed by atoms with Crippen LogP contribution in [0.2, 0.25) is 0 Å². The molecule has 112 valence electrons. The van der Waals surface area contributed by atoms with Crippen LogP contribution in [0.5, 0.6) is 0 Å². The molecule has 4 nitrogen and oxygen atoms in total. The van der Waals surface area contributed by atoms with E-state index in [0.29, 0.717) is 0 Å². The van der Waals surface area contributed by atoms with Gasteiger partial charge in [0, 0.05) is 5.69 Å². The Hall–Kier alpha value is -1.83. The van der Waals surface area contributed by atoms with Crippen molar-refractivity contribution in [2.24, 2.45) is 0 Å². The molecule has 3 N–H and O–H groups in total. The fourth-order valence-electron chi connectivity index (χ4n) is 1.30. The zero-order valence-electron chi connectivity index (χ0n) is 10.6. The van der Waals surface area contributed by atoms with E-state index < -0.39 is 37.0 Å². The Morgan fingerprint density at radius 3 is 2.70 bits per heavy atom. The summed E-state index contributed by atoms with van der Waals surface area (Å²) < 4.78 is 53.8. The van der Waals surface area contributed by atoms with Crippen molar-refractivity contribution in [3.63, 3.8) is 0 Å². The molecule has 20 heavy (non-hydrogen) atoms. The highest BCUT2D eigenvalue weighted by molar-refractivity contribution is 5.94. The molecular formula is C12H14F4N2O2. The first-order valence-corrected chi connectivity index (χ1v) is 5.73. The largest absolute Gasteiger partial charge is 0.399 e. The van der Waals surface area contributed by atoms with E-state index in [1.165, 1.54) is 19.1 Å². The molecule has 1 unspecified atom stereocenters. The van der Waals surface area contributed by atoms with Gasteiger partial charge in [0.05, 0.1) is 18.7 Å². The molecular weight excluding hydrogens is 280 g/mol. The number of ether oxygens (including phenoxy) is 1. The first-order chi connectivity index (χ1) is 9.19. The zero-order valence-corrected chi connectivity index (χ0v) is 10.6. The standard InChI is InChI=1S/C12H14F4N2O2/c1-7(20-5-4-12(14,15)16)11(19)18-10-6-8(17)2-3-9(10)13/h2-3,6-7H,4-5,17H2,1H3,(H,18,19). The number of nitrogens with one attached hydrogen (secondary N) is 1. The molecule has 0 bridgehead atoms. The van der Waals surface area contributed by atoms with E-state index in [-0.39, 0.29) is 11.4 Å². The molecule has 0 aromatic heterocycles. The van der Waals surface area contributed by atoms with Gasteiger partial charge in [0.15, 0.2) is 0 Å². The highest BCUT2D eigenvalue weighted by atomic mass is 19.4. The molecule has 0 aliphatic rings. The second-order valence-electron chi connectivity index (χ2n) is 4.11. The summed E-state index contributed by atoms with van der Waals surface area (Å²) in [4.78, 5) is 11.6. The summed E-state index contributed by atoms with van der Waals surface area (Å²) >= 11 is 0. The van der Waals surface area contributed by atoms with Gasteiger partial charge in [-0.2, -0.15) is 13.2 Å². The van der Waals surface area contributed by atoms with E-state index in [2.05, 4.69) is 5.32 Å². The topological polar surface area (TPSA) is 64.3 Å². The van der Waals surface area contributed by atoms with Crippen LogP contribution in [0.25, 0.3) is 0 Å². The van der Waals surface area contributed by atoms with Gasteiger partial charge in [0.25, 0.3) is 5.91 Å². The van der Waals surface area contributed by atoms with Gasteiger partial charge in [-0.25, -0.2) is 4.39 Å². The fraction of sp³-hybridized carbons (Fsp3) is 0.417. The molecule has 1 aromatic carbocycles. The Balaban J connectivity index is 2.51. The molecule has 0 spiro atoms. The van der Waals surface area contributed by atoms with E-state index in [1.807, 2.05) is 0 Å². The summed E-state index contributed by atoms with van der Waals surface area (Å²) in [5, 5.41) is 2.20. The van der Waals surface area contributed by atoms with Crippen LogP contribution in [0.1, 0.15) is 13.3 Å². The van der Waals surface area contributed by atoms with E-state index in [9.17, 15) is 22.4 Å². The second-order valence-corrected chi connectivity index (χ2v) is 4.11. The van der Waals surface area contributed by atoms with Crippen LogP contribution in [0.3, 0.4) is 0 Å². The highest BCUT2D eigenvalue weighted by Gasteiger charge is 2.27. The summed E-state index contributed by atoms with van der Waals surface area (Å²) in [7, 11) is 0. The Morgan fingerprint density at radius 2 is 2.10 bits per heavy atom. The molecule has 1 rings (SSSR count). The number of amides is 1. The average Bonchev–Trinajstić information content (AvgIpc) is 2.32. The van der Waals surface area contributed by atoms with Crippen LogP contribution in [0.15, 0.2) is 18.2 Å². The SMILES string of the molecule is CC(OCCC(F)(F)F)C(=O)Nc1cc(N)ccc1F. The molecule has 0 radical (unpaired) electrons. The number of anilines is 2. The number of benzene rings is 1. The number of carbonyl (C=O) groups is 1. The minimum absolute atomic E-state index is 0.152. The van der Waals surface area contributed by atoms with Crippen molar-refractivity contribution in [3.05, 3.63) is 24.0 Å². The molecule has 0 aliphatic heterocycles. The van der Waals surface area contributed by atoms with Crippen molar-refractivity contribution in [2.75, 3.05) is 17.7 Å². The number of alkyl halides is 3. The van der Waals surface area contributed by atoms with Gasteiger partial charge in [0.2, 0.25) is 0 Å². The molecule has 0 heterocycles. The van der Waals surface area contributed by atoms with E-state index in [1.54, 1.807) is 0 Å². The van der Waals surface area contributed by atoms with Crippen molar-refractivity contribution in [1.82, 2.24) is 0 Å². The van der Waals surface area contributed by atoms with Crippen molar-refractivity contribution in [2.45, 2.75) is 25.6 Å². The summed E-state index contributed by atoms with van der Waals surface area (Å²) in [5.41, 5.74) is 5.52. The van der Waals surface area contributed by atoms with Crippen molar-refractivity contribution in [3.8, 4) is 0 Å². The molecule has 0 fully saturated rings. The van der Waals surface area contributed by atoms with E-state index in [4.69, 9.17) is 10.5 Å². The average molecular weight is 294 g/mol. The first kappa shape index (κ1) is 16.2. The Labute approximate surface area is 112 Å². The van der Waals surface area contributed by atoms with E-state index in [0.717, 1.165) is 6.07 Å². The summed E-state index contributed by atoms with van der Waals surface area (Å²) in [5.74, 6) is -1.45. The highest BCUT2D eigenvalue weighted by Crippen LogP contribution is 2.20. The summed E-state index contributed by atoms with van der Waals surface area (Å²) in [6.45, 7) is 0.632. The number of halogens is 4. The predicted molar refractivity (Wildman–Crippen MR) is 65.5 cm³/mol. The molecule has 0 aliphatic carbocycles. The number of rotatable bonds is 5. The lowest BCUT2D eigenvalue weighted by molar-refractivity contribution is -0.152. The maximum atomic E-state index is 13.3. The minimum Gasteiger partial charge on any atom is -0.399 e. The van der Waals surface area contributed by atoms with E-state index >= 15 is 0 Å². The lowest BCUT2D eigenvalue weighted by Crippen LogP contribution is -2.29. The lowest BCUT2D eigenvalue weighted by Gasteiger charge is -2.14. The van der Waals surface area contributed by atoms with Crippen molar-refractivity contribution < 1.29 is 27.1 Å². The van der Waals surface area contributed by atoms with Crippen molar-refractivity contribution >= 4 is 17.3 Å². The maximum Gasteiger partial charge on any atom is 0.391 e.